The van der Waals surface area contributed by atoms with Crippen LogP contribution in [0.2, 0.25) is 0 Å². The van der Waals surface area contributed by atoms with Gasteiger partial charge in [-0.3, -0.25) is 4.79 Å². The molecule has 0 aliphatic carbocycles. The zero-order chi connectivity index (χ0) is 24.1. The summed E-state index contributed by atoms with van der Waals surface area (Å²) in [4.78, 5) is 25.3. The number of oxazole rings is 1. The minimum atomic E-state index is -0.396. The summed E-state index contributed by atoms with van der Waals surface area (Å²) in [6.07, 6.45) is 3.25. The number of aliphatic hydroxyl groups excluding tert-OH is 1. The average Bonchev–Trinajstić information content (AvgIpc) is 3.28. The molecular formula is C25H26N6O3. The van der Waals surface area contributed by atoms with Crippen molar-refractivity contribution in [2.75, 3.05) is 24.3 Å². The number of aliphatic hydroxyl groups is 1. The second-order valence-electron chi connectivity index (χ2n) is 7.76. The van der Waals surface area contributed by atoms with Gasteiger partial charge in [0.15, 0.2) is 0 Å². The standard InChI is InChI=1S/C25H26N6O3/c1-15-11-18(9-10-19(15)23(33)26-3)29-25-28-13-20(24-27-12-16(2)34-24)22(31-25)30-21(14-32)17-7-5-4-6-8-17/h4-13,21,32H,14H2,1-3H3,(H,26,33)(H2,28,29,30,31)/t21-/m1/s1. The normalized spacial score (nSPS) is 11.6. The molecule has 4 rings (SSSR count). The van der Waals surface area contributed by atoms with Crippen molar-refractivity contribution in [1.82, 2.24) is 20.3 Å². The smallest absolute Gasteiger partial charge is 0.251 e. The van der Waals surface area contributed by atoms with Crippen molar-refractivity contribution >= 4 is 23.4 Å². The number of hydrogen-bond donors (Lipinski definition) is 4. The number of aryl methyl sites for hydroxylation is 2. The van der Waals surface area contributed by atoms with E-state index in [1.165, 1.54) is 0 Å². The zero-order valence-electron chi connectivity index (χ0n) is 19.2. The lowest BCUT2D eigenvalue weighted by Gasteiger charge is -2.19. The molecule has 0 unspecified atom stereocenters. The molecule has 2 aromatic carbocycles. The second-order valence-corrected chi connectivity index (χ2v) is 7.76. The molecule has 0 aliphatic rings. The highest BCUT2D eigenvalue weighted by molar-refractivity contribution is 5.95. The number of aromatic nitrogens is 3. The number of nitrogens with one attached hydrogen (secondary N) is 3. The van der Waals surface area contributed by atoms with Gasteiger partial charge in [0.25, 0.3) is 5.91 Å². The van der Waals surface area contributed by atoms with Crippen LogP contribution in [0.4, 0.5) is 17.5 Å². The van der Waals surface area contributed by atoms with E-state index in [2.05, 4.69) is 30.9 Å². The van der Waals surface area contributed by atoms with E-state index in [1.807, 2.05) is 50.2 Å². The Morgan fingerprint density at radius 3 is 2.53 bits per heavy atom. The number of nitrogens with zero attached hydrogens (tertiary/aromatic N) is 3. The van der Waals surface area contributed by atoms with E-state index in [4.69, 9.17) is 4.42 Å². The molecule has 9 heteroatoms. The fourth-order valence-electron chi connectivity index (χ4n) is 3.53. The van der Waals surface area contributed by atoms with Crippen LogP contribution in [0.25, 0.3) is 11.5 Å². The summed E-state index contributed by atoms with van der Waals surface area (Å²) in [5.74, 6) is 1.69. The van der Waals surface area contributed by atoms with E-state index in [0.717, 1.165) is 16.8 Å². The monoisotopic (exact) mass is 458 g/mol. The topological polar surface area (TPSA) is 125 Å². The van der Waals surface area contributed by atoms with E-state index >= 15 is 0 Å². The van der Waals surface area contributed by atoms with Crippen LogP contribution in [0.15, 0.2) is 65.3 Å². The Morgan fingerprint density at radius 1 is 1.09 bits per heavy atom. The Morgan fingerprint density at radius 2 is 1.88 bits per heavy atom. The number of carbonyl (C=O) groups excluding carboxylic acids is 1. The minimum Gasteiger partial charge on any atom is -0.441 e. The predicted octanol–water partition coefficient (Wildman–Crippen LogP) is 4.00. The van der Waals surface area contributed by atoms with Gasteiger partial charge in [-0.1, -0.05) is 30.3 Å². The van der Waals surface area contributed by atoms with Crippen LogP contribution in [-0.2, 0) is 0 Å². The largest absolute Gasteiger partial charge is 0.441 e. The SMILES string of the molecule is CNC(=O)c1ccc(Nc2ncc(-c3ncc(C)o3)c(N[C@H](CO)c3ccccc3)n2)cc1C. The molecule has 174 valence electrons. The van der Waals surface area contributed by atoms with Crippen molar-refractivity contribution in [2.45, 2.75) is 19.9 Å². The number of benzene rings is 2. The highest BCUT2D eigenvalue weighted by atomic mass is 16.4. The first kappa shape index (κ1) is 22.9. The summed E-state index contributed by atoms with van der Waals surface area (Å²) in [7, 11) is 1.60. The average molecular weight is 459 g/mol. The number of anilines is 3. The van der Waals surface area contributed by atoms with Gasteiger partial charge < -0.3 is 25.5 Å². The van der Waals surface area contributed by atoms with Crippen molar-refractivity contribution in [1.29, 1.82) is 0 Å². The molecule has 0 radical (unpaired) electrons. The predicted molar refractivity (Wildman–Crippen MR) is 130 cm³/mol. The summed E-state index contributed by atoms with van der Waals surface area (Å²) in [5.41, 5.74) is 3.63. The van der Waals surface area contributed by atoms with Gasteiger partial charge in [-0.05, 0) is 43.2 Å². The van der Waals surface area contributed by atoms with Gasteiger partial charge in [-0.25, -0.2) is 9.97 Å². The Labute approximate surface area is 197 Å². The van der Waals surface area contributed by atoms with Gasteiger partial charge in [-0.15, -0.1) is 0 Å². The van der Waals surface area contributed by atoms with Gasteiger partial charge in [-0.2, -0.15) is 4.98 Å². The van der Waals surface area contributed by atoms with Crippen LogP contribution in [0.1, 0.15) is 33.3 Å². The zero-order valence-corrected chi connectivity index (χ0v) is 19.2. The Hall–Kier alpha value is -4.24. The minimum absolute atomic E-state index is 0.138. The Kier molecular flexibility index (Phi) is 6.84. The molecule has 34 heavy (non-hydrogen) atoms. The van der Waals surface area contributed by atoms with Crippen LogP contribution >= 0.6 is 0 Å². The molecule has 4 N–H and O–H groups in total. The van der Waals surface area contributed by atoms with Crippen molar-refractivity contribution in [3.8, 4) is 11.5 Å². The summed E-state index contributed by atoms with van der Waals surface area (Å²) in [6, 6.07) is 14.6. The van der Waals surface area contributed by atoms with Gasteiger partial charge in [0.2, 0.25) is 11.8 Å². The van der Waals surface area contributed by atoms with Crippen LogP contribution < -0.4 is 16.0 Å². The molecule has 9 nitrogen and oxygen atoms in total. The molecule has 0 spiro atoms. The van der Waals surface area contributed by atoms with E-state index in [9.17, 15) is 9.90 Å². The first-order valence-electron chi connectivity index (χ1n) is 10.8. The third-order valence-corrected chi connectivity index (χ3v) is 5.29. The van der Waals surface area contributed by atoms with Crippen molar-refractivity contribution in [3.63, 3.8) is 0 Å². The third kappa shape index (κ3) is 5.05. The molecule has 0 saturated heterocycles. The van der Waals surface area contributed by atoms with Crippen molar-refractivity contribution < 1.29 is 14.3 Å². The second kappa shape index (κ2) is 10.1. The lowest BCUT2D eigenvalue weighted by molar-refractivity contribution is 0.0962. The van der Waals surface area contributed by atoms with Gasteiger partial charge in [0.1, 0.15) is 11.6 Å². The van der Waals surface area contributed by atoms with Crippen molar-refractivity contribution in [3.05, 3.63) is 83.4 Å². The van der Waals surface area contributed by atoms with E-state index < -0.39 is 6.04 Å². The fourth-order valence-corrected chi connectivity index (χ4v) is 3.53. The molecular weight excluding hydrogens is 432 g/mol. The molecule has 1 atom stereocenters. The number of rotatable bonds is 8. The highest BCUT2D eigenvalue weighted by Crippen LogP contribution is 2.30. The molecule has 0 fully saturated rings. The lowest BCUT2D eigenvalue weighted by atomic mass is 10.1. The first-order valence-corrected chi connectivity index (χ1v) is 10.8. The molecule has 0 saturated carbocycles. The van der Waals surface area contributed by atoms with Gasteiger partial charge in [0.05, 0.1) is 24.4 Å². The molecule has 0 aliphatic heterocycles. The number of amides is 1. The summed E-state index contributed by atoms with van der Waals surface area (Å²) in [5, 5.41) is 19.1. The number of hydrogen-bond acceptors (Lipinski definition) is 8. The maximum Gasteiger partial charge on any atom is 0.251 e. The molecule has 1 amide bonds. The highest BCUT2D eigenvalue weighted by Gasteiger charge is 2.19. The molecule has 4 aromatic rings. The Bertz CT molecular complexity index is 1290. The molecule has 2 aromatic heterocycles. The maximum absolute atomic E-state index is 12.0. The summed E-state index contributed by atoms with van der Waals surface area (Å²) >= 11 is 0. The molecule has 2 heterocycles. The van der Waals surface area contributed by atoms with Gasteiger partial charge in [0, 0.05) is 24.5 Å². The number of carbonyl (C=O) groups is 1. The molecule has 0 bridgehead atoms. The first-order chi connectivity index (χ1) is 16.5. The van der Waals surface area contributed by atoms with Crippen molar-refractivity contribution in [2.24, 2.45) is 0 Å². The quantitative estimate of drug-likeness (QED) is 0.312. The van der Waals surface area contributed by atoms with Crippen LogP contribution in [0.3, 0.4) is 0 Å². The van der Waals surface area contributed by atoms with Crippen LogP contribution in [0, 0.1) is 13.8 Å². The maximum atomic E-state index is 12.0. The summed E-state index contributed by atoms with van der Waals surface area (Å²) < 4.78 is 5.70. The Balaban J connectivity index is 1.67. The lowest BCUT2D eigenvalue weighted by Crippen LogP contribution is -2.19. The van der Waals surface area contributed by atoms with E-state index in [0.29, 0.717) is 34.5 Å². The fraction of sp³-hybridized carbons (Fsp3) is 0.200. The third-order valence-electron chi connectivity index (χ3n) is 5.29. The van der Waals surface area contributed by atoms with E-state index in [1.54, 1.807) is 31.6 Å². The van der Waals surface area contributed by atoms with Gasteiger partial charge >= 0.3 is 0 Å². The van der Waals surface area contributed by atoms with Crippen LogP contribution in [-0.4, -0.2) is 39.6 Å². The van der Waals surface area contributed by atoms with Crippen LogP contribution in [0.5, 0.6) is 0 Å². The summed E-state index contributed by atoms with van der Waals surface area (Å²) in [6.45, 7) is 3.54. The van der Waals surface area contributed by atoms with E-state index in [-0.39, 0.29) is 12.5 Å².